The van der Waals surface area contributed by atoms with E-state index in [2.05, 4.69) is 20.8 Å². The minimum Gasteiger partial charge on any atom is -0.494 e. The summed E-state index contributed by atoms with van der Waals surface area (Å²) >= 11 is 0. The van der Waals surface area contributed by atoms with Crippen molar-refractivity contribution in [1.82, 2.24) is 0 Å². The van der Waals surface area contributed by atoms with Gasteiger partial charge in [-0.2, -0.15) is 0 Å². The molecule has 0 atom stereocenters. The summed E-state index contributed by atoms with van der Waals surface area (Å²) in [6.45, 7) is 7.10. The molecule has 0 N–H and O–H groups in total. The van der Waals surface area contributed by atoms with E-state index >= 15 is 0 Å². The van der Waals surface area contributed by atoms with E-state index in [1.54, 1.807) is 12.1 Å². The van der Waals surface area contributed by atoms with Gasteiger partial charge in [0.1, 0.15) is 5.75 Å². The van der Waals surface area contributed by atoms with Crippen molar-refractivity contribution >= 4 is 9.84 Å². The van der Waals surface area contributed by atoms with E-state index in [1.807, 2.05) is 0 Å². The van der Waals surface area contributed by atoms with Gasteiger partial charge in [-0.1, -0.05) is 20.8 Å². The first kappa shape index (κ1) is 16.0. The molecule has 0 saturated heterocycles. The molecule has 0 heterocycles. The van der Waals surface area contributed by atoms with Crippen molar-refractivity contribution in [3.8, 4) is 5.75 Å². The molecule has 0 unspecified atom stereocenters. The lowest BCUT2D eigenvalue weighted by Crippen LogP contribution is -2.08. The second-order valence-corrected chi connectivity index (χ2v) is 7.63. The minimum atomic E-state index is -3.78. The summed E-state index contributed by atoms with van der Waals surface area (Å²) in [5.74, 6) is 0.603. The molecule has 1 rings (SSSR count). The van der Waals surface area contributed by atoms with Crippen molar-refractivity contribution in [3.63, 3.8) is 0 Å². The zero-order chi connectivity index (χ0) is 14.5. The summed E-state index contributed by atoms with van der Waals surface area (Å²) in [6, 6.07) is 4.47. The number of hydrogen-bond donors (Lipinski definition) is 0. The summed E-state index contributed by atoms with van der Waals surface area (Å²) < 4.78 is 40.3. The van der Waals surface area contributed by atoms with Crippen LogP contribution in [0.15, 0.2) is 29.2 Å². The van der Waals surface area contributed by atoms with Crippen molar-refractivity contribution < 1.29 is 17.5 Å². The van der Waals surface area contributed by atoms with E-state index in [0.717, 1.165) is 12.8 Å². The van der Waals surface area contributed by atoms with Crippen LogP contribution in [0, 0.1) is 5.41 Å². The van der Waals surface area contributed by atoms with Crippen LogP contribution >= 0.6 is 0 Å². The van der Waals surface area contributed by atoms with Gasteiger partial charge >= 0.3 is 0 Å². The van der Waals surface area contributed by atoms with Gasteiger partial charge in [-0.3, -0.25) is 0 Å². The number of benzene rings is 1. The first-order valence-corrected chi connectivity index (χ1v) is 7.91. The van der Waals surface area contributed by atoms with Crippen molar-refractivity contribution in [2.45, 2.75) is 38.5 Å². The molecule has 0 bridgehead atoms. The highest BCUT2D eigenvalue weighted by atomic mass is 32.2. The van der Waals surface area contributed by atoms with Gasteiger partial charge in [0.15, 0.2) is 6.01 Å². The van der Waals surface area contributed by atoms with Crippen molar-refractivity contribution in [2.24, 2.45) is 5.41 Å². The summed E-state index contributed by atoms with van der Waals surface area (Å²) in [5, 5.41) is 0. The van der Waals surface area contributed by atoms with Crippen LogP contribution in [0.5, 0.6) is 5.75 Å². The first-order valence-electron chi connectivity index (χ1n) is 6.26. The van der Waals surface area contributed by atoms with Gasteiger partial charge in [0.2, 0.25) is 9.84 Å². The van der Waals surface area contributed by atoms with Crippen molar-refractivity contribution in [1.29, 1.82) is 0 Å². The van der Waals surface area contributed by atoms with Crippen molar-refractivity contribution in [3.05, 3.63) is 24.3 Å². The van der Waals surface area contributed by atoms with E-state index in [0.29, 0.717) is 12.4 Å². The average Bonchev–Trinajstić information content (AvgIpc) is 2.34. The van der Waals surface area contributed by atoms with Gasteiger partial charge in [-0.05, 0) is 42.5 Å². The zero-order valence-corrected chi connectivity index (χ0v) is 12.5. The van der Waals surface area contributed by atoms with Gasteiger partial charge in [-0.25, -0.2) is 12.8 Å². The molecular weight excluding hydrogens is 267 g/mol. The van der Waals surface area contributed by atoms with E-state index in [-0.39, 0.29) is 10.3 Å². The third-order valence-electron chi connectivity index (χ3n) is 2.67. The number of halogens is 1. The molecule has 0 aromatic heterocycles. The fourth-order valence-corrected chi connectivity index (χ4v) is 2.28. The fraction of sp³-hybridized carbons (Fsp3) is 0.571. The van der Waals surface area contributed by atoms with Gasteiger partial charge in [0, 0.05) is 0 Å². The fourth-order valence-electron chi connectivity index (χ4n) is 1.60. The molecule has 1 aromatic carbocycles. The van der Waals surface area contributed by atoms with Crippen LogP contribution in [0.3, 0.4) is 0 Å². The third kappa shape index (κ3) is 5.59. The molecule has 5 heteroatoms. The second kappa shape index (κ2) is 6.37. The smallest absolute Gasteiger partial charge is 0.207 e. The molecule has 0 fully saturated rings. The van der Waals surface area contributed by atoms with Gasteiger partial charge in [-0.15, -0.1) is 0 Å². The Morgan fingerprint density at radius 2 is 1.74 bits per heavy atom. The van der Waals surface area contributed by atoms with Crippen molar-refractivity contribution in [2.75, 3.05) is 12.6 Å². The molecule has 3 nitrogen and oxygen atoms in total. The number of sulfone groups is 1. The Kier molecular flexibility index (Phi) is 5.35. The monoisotopic (exact) mass is 288 g/mol. The number of rotatable bonds is 6. The number of hydrogen-bond acceptors (Lipinski definition) is 3. The molecule has 0 radical (unpaired) electrons. The van der Waals surface area contributed by atoms with Crippen LogP contribution in [0.2, 0.25) is 0 Å². The molecular formula is C14H21FO3S. The van der Waals surface area contributed by atoms with Gasteiger partial charge in [0.05, 0.1) is 11.5 Å². The molecule has 0 spiro atoms. The normalized spacial score (nSPS) is 12.4. The Morgan fingerprint density at radius 1 is 1.16 bits per heavy atom. The predicted octanol–water partition coefficient (Wildman–Crippen LogP) is 3.59. The van der Waals surface area contributed by atoms with E-state index < -0.39 is 15.8 Å². The third-order valence-corrected chi connectivity index (χ3v) is 3.94. The van der Waals surface area contributed by atoms with Gasteiger partial charge in [0.25, 0.3) is 0 Å². The summed E-state index contributed by atoms with van der Waals surface area (Å²) in [5.41, 5.74) is 0.280. The summed E-state index contributed by atoms with van der Waals surface area (Å²) in [6.07, 6.45) is 2.00. The molecule has 19 heavy (non-hydrogen) atoms. The van der Waals surface area contributed by atoms with Crippen LogP contribution < -0.4 is 4.74 Å². The number of alkyl halides is 1. The molecule has 1 aromatic rings. The standard InChI is InChI=1S/C14H21FO3S/c1-14(2,3)9-4-10-18-12-5-7-13(8-6-12)19(16,17)11-15/h5-8H,4,9-11H2,1-3H3. The Morgan fingerprint density at radius 3 is 2.21 bits per heavy atom. The SMILES string of the molecule is CC(C)(C)CCCOc1ccc(S(=O)(=O)CF)cc1. The molecule has 108 valence electrons. The Balaban J connectivity index is 2.50. The Hall–Kier alpha value is -1.10. The average molecular weight is 288 g/mol. The van der Waals surface area contributed by atoms with Crippen LogP contribution in [-0.2, 0) is 9.84 Å². The molecule has 0 aliphatic carbocycles. The predicted molar refractivity (Wildman–Crippen MR) is 73.8 cm³/mol. The number of ether oxygens (including phenoxy) is 1. The largest absolute Gasteiger partial charge is 0.494 e. The maximum Gasteiger partial charge on any atom is 0.207 e. The highest BCUT2D eigenvalue weighted by molar-refractivity contribution is 7.91. The van der Waals surface area contributed by atoms with Crippen LogP contribution in [0.1, 0.15) is 33.6 Å². The summed E-state index contributed by atoms with van der Waals surface area (Å²) in [7, 11) is -3.78. The zero-order valence-electron chi connectivity index (χ0n) is 11.6. The first-order chi connectivity index (χ1) is 8.74. The van der Waals surface area contributed by atoms with Gasteiger partial charge < -0.3 is 4.74 Å². The van der Waals surface area contributed by atoms with E-state index in [9.17, 15) is 12.8 Å². The Labute approximate surface area is 114 Å². The highest BCUT2D eigenvalue weighted by Gasteiger charge is 2.13. The lowest BCUT2D eigenvalue weighted by Gasteiger charge is -2.17. The van der Waals surface area contributed by atoms with Crippen LogP contribution in [-0.4, -0.2) is 21.0 Å². The molecule has 0 saturated carbocycles. The molecule has 0 aliphatic heterocycles. The topological polar surface area (TPSA) is 43.4 Å². The lowest BCUT2D eigenvalue weighted by molar-refractivity contribution is 0.269. The minimum absolute atomic E-state index is 0.0166. The molecule has 0 aliphatic rings. The lowest BCUT2D eigenvalue weighted by atomic mass is 9.91. The maximum atomic E-state index is 12.3. The Bertz CT molecular complexity index is 486. The van der Waals surface area contributed by atoms with E-state index in [4.69, 9.17) is 4.74 Å². The highest BCUT2D eigenvalue weighted by Crippen LogP contribution is 2.21. The second-order valence-electron chi connectivity index (χ2n) is 5.71. The van der Waals surface area contributed by atoms with Crippen LogP contribution in [0.25, 0.3) is 0 Å². The van der Waals surface area contributed by atoms with Crippen LogP contribution in [0.4, 0.5) is 4.39 Å². The maximum absolute atomic E-state index is 12.3. The quantitative estimate of drug-likeness (QED) is 0.751. The van der Waals surface area contributed by atoms with E-state index in [1.165, 1.54) is 12.1 Å². The summed E-state index contributed by atoms with van der Waals surface area (Å²) in [4.78, 5) is -0.0166. The molecule has 0 amide bonds.